The summed E-state index contributed by atoms with van der Waals surface area (Å²) in [5.74, 6) is 0.570. The van der Waals surface area contributed by atoms with Crippen molar-refractivity contribution in [3.8, 4) is 5.75 Å². The molecule has 0 heterocycles. The van der Waals surface area contributed by atoms with Gasteiger partial charge in [-0.2, -0.15) is 0 Å². The second kappa shape index (κ2) is 6.44. The third-order valence-corrected chi connectivity index (χ3v) is 3.36. The van der Waals surface area contributed by atoms with Crippen LogP contribution in [0.2, 0.25) is 0 Å². The monoisotopic (exact) mass is 283 g/mol. The van der Waals surface area contributed by atoms with Gasteiger partial charge in [0.15, 0.2) is 6.61 Å². The van der Waals surface area contributed by atoms with E-state index < -0.39 is 0 Å². The van der Waals surface area contributed by atoms with Crippen LogP contribution in [0.25, 0.3) is 0 Å². The molecule has 0 spiro atoms. The van der Waals surface area contributed by atoms with Crippen LogP contribution in [0.15, 0.2) is 36.4 Å². The van der Waals surface area contributed by atoms with Gasteiger partial charge in [-0.1, -0.05) is 12.1 Å². The minimum absolute atomic E-state index is 0.00974. The summed E-state index contributed by atoms with van der Waals surface area (Å²) >= 11 is 0. The zero-order chi connectivity index (χ0) is 15.4. The third kappa shape index (κ3) is 4.35. The maximum atomic E-state index is 11.9. The van der Waals surface area contributed by atoms with Crippen molar-refractivity contribution in [1.82, 2.24) is 0 Å². The van der Waals surface area contributed by atoms with E-state index in [0.717, 1.165) is 28.1 Å². The van der Waals surface area contributed by atoms with Gasteiger partial charge in [0.25, 0.3) is 5.91 Å². The van der Waals surface area contributed by atoms with Crippen LogP contribution in [0.4, 0.5) is 5.69 Å². The van der Waals surface area contributed by atoms with Crippen molar-refractivity contribution in [2.24, 2.45) is 0 Å². The number of hydrogen-bond donors (Lipinski definition) is 1. The molecule has 1 amide bonds. The summed E-state index contributed by atoms with van der Waals surface area (Å²) in [7, 11) is 0. The number of carbonyl (C=O) groups excluding carboxylic acids is 1. The highest BCUT2D eigenvalue weighted by molar-refractivity contribution is 5.92. The largest absolute Gasteiger partial charge is 0.484 e. The molecule has 2 aromatic rings. The number of amides is 1. The molecule has 3 heteroatoms. The van der Waals surface area contributed by atoms with Crippen molar-refractivity contribution in [3.05, 3.63) is 58.7 Å². The zero-order valence-corrected chi connectivity index (χ0v) is 13.0. The fourth-order valence-electron chi connectivity index (χ4n) is 2.18. The molecule has 21 heavy (non-hydrogen) atoms. The average Bonchev–Trinajstić information content (AvgIpc) is 2.40. The van der Waals surface area contributed by atoms with E-state index in [9.17, 15) is 4.79 Å². The molecular weight excluding hydrogens is 262 g/mol. The van der Waals surface area contributed by atoms with Crippen molar-refractivity contribution >= 4 is 11.6 Å². The lowest BCUT2D eigenvalue weighted by Gasteiger charge is -2.10. The van der Waals surface area contributed by atoms with Gasteiger partial charge >= 0.3 is 0 Å². The molecule has 0 saturated carbocycles. The molecule has 0 unspecified atom stereocenters. The van der Waals surface area contributed by atoms with Crippen molar-refractivity contribution < 1.29 is 9.53 Å². The van der Waals surface area contributed by atoms with Crippen LogP contribution < -0.4 is 10.1 Å². The normalized spacial score (nSPS) is 10.3. The van der Waals surface area contributed by atoms with E-state index in [2.05, 4.69) is 11.4 Å². The van der Waals surface area contributed by atoms with Crippen molar-refractivity contribution in [1.29, 1.82) is 0 Å². The Morgan fingerprint density at radius 2 is 1.62 bits per heavy atom. The van der Waals surface area contributed by atoms with Crippen LogP contribution in [0.5, 0.6) is 5.75 Å². The summed E-state index contributed by atoms with van der Waals surface area (Å²) in [6, 6.07) is 11.8. The lowest BCUT2D eigenvalue weighted by atomic mass is 10.1. The molecule has 110 valence electrons. The predicted octanol–water partition coefficient (Wildman–Crippen LogP) is 3.94. The highest BCUT2D eigenvalue weighted by Gasteiger charge is 2.05. The lowest BCUT2D eigenvalue weighted by Crippen LogP contribution is -2.20. The van der Waals surface area contributed by atoms with Gasteiger partial charge in [-0.25, -0.2) is 0 Å². The first-order valence-corrected chi connectivity index (χ1v) is 7.02. The van der Waals surface area contributed by atoms with Gasteiger partial charge in [-0.15, -0.1) is 0 Å². The van der Waals surface area contributed by atoms with Crippen molar-refractivity contribution in [3.63, 3.8) is 0 Å². The van der Waals surface area contributed by atoms with Crippen LogP contribution in [0.3, 0.4) is 0 Å². The minimum Gasteiger partial charge on any atom is -0.484 e. The van der Waals surface area contributed by atoms with E-state index in [-0.39, 0.29) is 12.5 Å². The molecule has 0 saturated heterocycles. The number of benzene rings is 2. The molecule has 1 N–H and O–H groups in total. The summed E-state index contributed by atoms with van der Waals surface area (Å²) in [4.78, 5) is 11.9. The molecule has 0 aliphatic carbocycles. The number of aryl methyl sites for hydroxylation is 4. The first-order valence-electron chi connectivity index (χ1n) is 7.02. The van der Waals surface area contributed by atoms with E-state index in [0.29, 0.717) is 0 Å². The van der Waals surface area contributed by atoms with Gasteiger partial charge in [0, 0.05) is 5.69 Å². The molecular formula is C18H21NO2. The number of nitrogens with one attached hydrogen (secondary N) is 1. The Hall–Kier alpha value is -2.29. The Morgan fingerprint density at radius 3 is 2.24 bits per heavy atom. The van der Waals surface area contributed by atoms with E-state index in [1.807, 2.05) is 58.0 Å². The van der Waals surface area contributed by atoms with Gasteiger partial charge in [0.05, 0.1) is 0 Å². The summed E-state index contributed by atoms with van der Waals surface area (Å²) in [5.41, 5.74) is 5.41. The summed E-state index contributed by atoms with van der Waals surface area (Å²) in [6.45, 7) is 8.10. The van der Waals surface area contributed by atoms with Crippen LogP contribution in [0, 0.1) is 27.7 Å². The van der Waals surface area contributed by atoms with Gasteiger partial charge in [0.2, 0.25) is 0 Å². The fraction of sp³-hybridized carbons (Fsp3) is 0.278. The average molecular weight is 283 g/mol. The maximum Gasteiger partial charge on any atom is 0.262 e. The maximum absolute atomic E-state index is 11.9. The van der Waals surface area contributed by atoms with E-state index >= 15 is 0 Å². The standard InChI is InChI=1S/C18H21NO2/c1-12-7-13(2)9-17(8-12)21-11-18(20)19-16-6-5-14(3)15(4)10-16/h5-10H,11H2,1-4H3,(H,19,20). The Bertz CT molecular complexity index is 642. The number of carbonyl (C=O) groups is 1. The molecule has 2 rings (SSSR count). The molecule has 0 aliphatic heterocycles. The van der Waals surface area contributed by atoms with Gasteiger partial charge < -0.3 is 10.1 Å². The van der Waals surface area contributed by atoms with E-state index in [1.54, 1.807) is 0 Å². The molecule has 2 aromatic carbocycles. The number of hydrogen-bond acceptors (Lipinski definition) is 2. The number of anilines is 1. The van der Waals surface area contributed by atoms with Crippen molar-refractivity contribution in [2.45, 2.75) is 27.7 Å². The quantitative estimate of drug-likeness (QED) is 0.923. The highest BCUT2D eigenvalue weighted by Crippen LogP contribution is 2.17. The molecule has 0 radical (unpaired) electrons. The van der Waals surface area contributed by atoms with Gasteiger partial charge in [-0.3, -0.25) is 4.79 Å². The molecule has 0 aliphatic rings. The zero-order valence-electron chi connectivity index (χ0n) is 13.0. The Balaban J connectivity index is 1.94. The Kier molecular flexibility index (Phi) is 4.63. The lowest BCUT2D eigenvalue weighted by molar-refractivity contribution is -0.118. The first kappa shape index (κ1) is 15.1. The SMILES string of the molecule is Cc1cc(C)cc(OCC(=O)Nc2ccc(C)c(C)c2)c1. The Morgan fingerprint density at radius 1 is 0.952 bits per heavy atom. The smallest absolute Gasteiger partial charge is 0.262 e. The van der Waals surface area contributed by atoms with Gasteiger partial charge in [-0.05, 0) is 74.2 Å². The summed E-state index contributed by atoms with van der Waals surface area (Å²) in [6.07, 6.45) is 0. The summed E-state index contributed by atoms with van der Waals surface area (Å²) < 4.78 is 5.54. The molecule has 0 fully saturated rings. The van der Waals surface area contributed by atoms with Crippen molar-refractivity contribution in [2.75, 3.05) is 11.9 Å². The fourth-order valence-corrected chi connectivity index (χ4v) is 2.18. The second-order valence-electron chi connectivity index (χ2n) is 5.46. The van der Waals surface area contributed by atoms with Crippen LogP contribution in [0.1, 0.15) is 22.3 Å². The second-order valence-corrected chi connectivity index (χ2v) is 5.46. The molecule has 0 atom stereocenters. The Labute approximate surface area is 126 Å². The molecule has 0 aromatic heterocycles. The number of rotatable bonds is 4. The van der Waals surface area contributed by atoms with Crippen LogP contribution in [-0.4, -0.2) is 12.5 Å². The topological polar surface area (TPSA) is 38.3 Å². The predicted molar refractivity (Wildman–Crippen MR) is 86.0 cm³/mol. The van der Waals surface area contributed by atoms with Crippen LogP contribution >= 0.6 is 0 Å². The highest BCUT2D eigenvalue weighted by atomic mass is 16.5. The third-order valence-electron chi connectivity index (χ3n) is 3.36. The van der Waals surface area contributed by atoms with E-state index in [1.165, 1.54) is 5.56 Å². The van der Waals surface area contributed by atoms with E-state index in [4.69, 9.17) is 4.74 Å². The molecule has 0 bridgehead atoms. The molecule has 3 nitrogen and oxygen atoms in total. The first-order chi connectivity index (χ1) is 9.94. The minimum atomic E-state index is -0.155. The van der Waals surface area contributed by atoms with Crippen LogP contribution in [-0.2, 0) is 4.79 Å². The number of ether oxygens (including phenoxy) is 1. The summed E-state index contributed by atoms with van der Waals surface area (Å²) in [5, 5.41) is 2.85. The van der Waals surface area contributed by atoms with Gasteiger partial charge in [0.1, 0.15) is 5.75 Å².